The van der Waals surface area contributed by atoms with Crippen LogP contribution in [-0.2, 0) is 0 Å². The summed E-state index contributed by atoms with van der Waals surface area (Å²) in [4.78, 5) is 14.8. The second-order valence-electron chi connectivity index (χ2n) is 12.7. The predicted octanol–water partition coefficient (Wildman–Crippen LogP) is 7.89. The van der Waals surface area contributed by atoms with Crippen molar-refractivity contribution in [2.24, 2.45) is 0 Å². The highest BCUT2D eigenvalue weighted by Gasteiger charge is 2.48. The van der Waals surface area contributed by atoms with E-state index in [1.807, 2.05) is 78.9 Å². The van der Waals surface area contributed by atoms with Gasteiger partial charge in [0.25, 0.3) is 0 Å². The van der Waals surface area contributed by atoms with Crippen LogP contribution in [0.25, 0.3) is 45.3 Å². The lowest BCUT2D eigenvalue weighted by Gasteiger charge is -2.40. The largest absolute Gasteiger partial charge is 0.457 e. The molecule has 0 bridgehead atoms. The SMILES string of the molecule is N#Cc1cc(-c2nc(-c3ccccc3)nc(-c3ccccc3)n2)cc(-c2cccc3c2Oc2ccccc2[Si]3(c2ccccc2)c2ccccc2)c1. The zero-order valence-electron chi connectivity index (χ0n) is 28.0. The third-order valence-corrected chi connectivity index (χ3v) is 14.5. The normalized spacial score (nSPS) is 12.5. The van der Waals surface area contributed by atoms with Gasteiger partial charge in [0, 0.05) is 22.3 Å². The van der Waals surface area contributed by atoms with Crippen LogP contribution in [0.1, 0.15) is 5.56 Å². The molecular formula is C46H30N4OSi. The molecule has 244 valence electrons. The Kier molecular flexibility index (Phi) is 7.81. The third-order valence-electron chi connectivity index (χ3n) is 9.67. The molecule has 2 heterocycles. The van der Waals surface area contributed by atoms with E-state index in [4.69, 9.17) is 19.7 Å². The summed E-state index contributed by atoms with van der Waals surface area (Å²) in [5.74, 6) is 3.25. The van der Waals surface area contributed by atoms with Crippen LogP contribution in [0.2, 0.25) is 0 Å². The maximum Gasteiger partial charge on any atom is 0.188 e. The summed E-state index contributed by atoms with van der Waals surface area (Å²) < 4.78 is 6.94. The Morgan fingerprint density at radius 2 is 0.923 bits per heavy atom. The number of para-hydroxylation sites is 2. The molecule has 0 N–H and O–H groups in total. The lowest BCUT2D eigenvalue weighted by atomic mass is 9.98. The first-order valence-corrected chi connectivity index (χ1v) is 19.2. The van der Waals surface area contributed by atoms with Crippen molar-refractivity contribution in [3.8, 4) is 62.9 Å². The number of fused-ring (bicyclic) bond motifs is 2. The van der Waals surface area contributed by atoms with Crippen molar-refractivity contribution in [2.45, 2.75) is 0 Å². The summed E-state index contributed by atoms with van der Waals surface area (Å²) in [6, 6.07) is 64.5. The molecule has 1 aromatic heterocycles. The van der Waals surface area contributed by atoms with Gasteiger partial charge in [-0.25, -0.2) is 15.0 Å². The van der Waals surface area contributed by atoms with Crippen molar-refractivity contribution in [3.05, 3.63) is 188 Å². The van der Waals surface area contributed by atoms with Gasteiger partial charge >= 0.3 is 0 Å². The molecule has 0 fully saturated rings. The summed E-state index contributed by atoms with van der Waals surface area (Å²) in [6.07, 6.45) is 0. The van der Waals surface area contributed by atoms with Crippen molar-refractivity contribution < 1.29 is 4.74 Å². The first kappa shape index (κ1) is 31.1. The van der Waals surface area contributed by atoms with E-state index in [2.05, 4.69) is 109 Å². The van der Waals surface area contributed by atoms with E-state index in [1.54, 1.807) is 0 Å². The highest BCUT2D eigenvalue weighted by atomic mass is 28.3. The van der Waals surface area contributed by atoms with Crippen molar-refractivity contribution >= 4 is 28.8 Å². The van der Waals surface area contributed by atoms with Gasteiger partial charge in [-0.15, -0.1) is 0 Å². The van der Waals surface area contributed by atoms with Crippen LogP contribution in [-0.4, -0.2) is 23.0 Å². The minimum absolute atomic E-state index is 0.486. The van der Waals surface area contributed by atoms with Gasteiger partial charge < -0.3 is 4.74 Å². The van der Waals surface area contributed by atoms with Crippen LogP contribution in [0, 0.1) is 11.3 Å². The zero-order chi connectivity index (χ0) is 34.9. The third kappa shape index (κ3) is 5.28. The molecule has 0 radical (unpaired) electrons. The predicted molar refractivity (Wildman–Crippen MR) is 210 cm³/mol. The Bertz CT molecular complexity index is 2510. The molecule has 0 spiro atoms. The van der Waals surface area contributed by atoms with E-state index in [0.717, 1.165) is 38.9 Å². The van der Waals surface area contributed by atoms with Crippen LogP contribution in [0.5, 0.6) is 11.5 Å². The highest BCUT2D eigenvalue weighted by molar-refractivity contribution is 7.20. The number of hydrogen-bond acceptors (Lipinski definition) is 5. The summed E-state index contributed by atoms with van der Waals surface area (Å²) in [6.45, 7) is 0. The molecule has 6 heteroatoms. The number of aromatic nitrogens is 3. The molecule has 5 nitrogen and oxygen atoms in total. The van der Waals surface area contributed by atoms with Crippen molar-refractivity contribution in [1.82, 2.24) is 15.0 Å². The van der Waals surface area contributed by atoms with Gasteiger partial charge in [-0.1, -0.05) is 158 Å². The van der Waals surface area contributed by atoms with E-state index in [0.29, 0.717) is 28.6 Å². The molecule has 0 unspecified atom stereocenters. The van der Waals surface area contributed by atoms with E-state index in [-0.39, 0.29) is 0 Å². The molecule has 9 rings (SSSR count). The Hall–Kier alpha value is -6.94. The minimum atomic E-state index is -2.85. The molecule has 1 aliphatic heterocycles. The molecule has 0 amide bonds. The van der Waals surface area contributed by atoms with E-state index >= 15 is 0 Å². The number of rotatable bonds is 6. The van der Waals surface area contributed by atoms with E-state index in [1.165, 1.54) is 15.6 Å². The first-order chi connectivity index (χ1) is 25.7. The monoisotopic (exact) mass is 682 g/mol. The lowest BCUT2D eigenvalue weighted by molar-refractivity contribution is 0.489. The number of nitriles is 1. The molecule has 0 aliphatic carbocycles. The number of benzene rings is 7. The molecule has 52 heavy (non-hydrogen) atoms. The summed E-state index contributed by atoms with van der Waals surface area (Å²) >= 11 is 0. The molecule has 1 aliphatic rings. The van der Waals surface area contributed by atoms with Gasteiger partial charge in [-0.2, -0.15) is 5.26 Å². The highest BCUT2D eigenvalue weighted by Crippen LogP contribution is 2.39. The lowest BCUT2D eigenvalue weighted by Crippen LogP contribution is -2.76. The number of ether oxygens (including phenoxy) is 1. The maximum absolute atomic E-state index is 10.4. The topological polar surface area (TPSA) is 71.7 Å². The molecular weight excluding hydrogens is 653 g/mol. The van der Waals surface area contributed by atoms with Crippen molar-refractivity contribution in [1.29, 1.82) is 5.26 Å². The average Bonchev–Trinajstić information content (AvgIpc) is 3.23. The van der Waals surface area contributed by atoms with Gasteiger partial charge in [0.05, 0.1) is 11.6 Å². The van der Waals surface area contributed by atoms with Crippen LogP contribution in [0.4, 0.5) is 0 Å². The van der Waals surface area contributed by atoms with Crippen molar-refractivity contribution in [2.75, 3.05) is 0 Å². The van der Waals surface area contributed by atoms with Crippen LogP contribution >= 0.6 is 0 Å². The minimum Gasteiger partial charge on any atom is -0.457 e. The first-order valence-electron chi connectivity index (χ1n) is 17.2. The fourth-order valence-corrected chi connectivity index (χ4v) is 12.3. The maximum atomic E-state index is 10.4. The second kappa shape index (κ2) is 13.1. The smallest absolute Gasteiger partial charge is 0.188 e. The summed E-state index contributed by atoms with van der Waals surface area (Å²) in [7, 11) is -2.85. The van der Waals surface area contributed by atoms with Gasteiger partial charge in [0.2, 0.25) is 0 Å². The molecule has 7 aromatic carbocycles. The van der Waals surface area contributed by atoms with E-state index in [9.17, 15) is 5.26 Å². The van der Waals surface area contributed by atoms with Gasteiger partial charge in [0.15, 0.2) is 25.5 Å². The molecule has 0 saturated carbocycles. The van der Waals surface area contributed by atoms with E-state index < -0.39 is 8.07 Å². The Morgan fingerprint density at radius 1 is 0.442 bits per heavy atom. The fourth-order valence-electron chi connectivity index (χ4n) is 7.37. The number of nitrogens with zero attached hydrogens (tertiary/aromatic N) is 4. The molecule has 0 atom stereocenters. The standard InChI is InChI=1S/C46H30N4OSi/c47-31-32-28-35(30-36(29-32)46-49-44(33-16-5-1-6-17-33)48-45(50-46)34-18-7-2-8-19-34)39-24-15-27-42-43(39)51-40-25-13-14-26-41(40)52(42,37-20-9-3-10-21-37)38-22-11-4-12-23-38/h1-30H. The Labute approximate surface area is 303 Å². The quantitative estimate of drug-likeness (QED) is 0.167. The fraction of sp³-hybridized carbons (Fsp3) is 0. The molecule has 0 saturated heterocycles. The zero-order valence-corrected chi connectivity index (χ0v) is 29.0. The van der Waals surface area contributed by atoms with Crippen LogP contribution in [0.3, 0.4) is 0 Å². The van der Waals surface area contributed by atoms with Gasteiger partial charge in [0.1, 0.15) is 11.5 Å². The Morgan fingerprint density at radius 3 is 1.50 bits per heavy atom. The summed E-state index contributed by atoms with van der Waals surface area (Å²) in [5.41, 5.74) is 4.72. The number of hydrogen-bond donors (Lipinski definition) is 0. The van der Waals surface area contributed by atoms with Crippen molar-refractivity contribution in [3.63, 3.8) is 0 Å². The van der Waals surface area contributed by atoms with Gasteiger partial charge in [-0.3, -0.25) is 0 Å². The van der Waals surface area contributed by atoms with Crippen LogP contribution in [0.15, 0.2) is 182 Å². The van der Waals surface area contributed by atoms with Gasteiger partial charge in [-0.05, 0) is 50.6 Å². The molecule has 8 aromatic rings. The summed E-state index contributed by atoms with van der Waals surface area (Å²) in [5, 5.41) is 15.3. The van der Waals surface area contributed by atoms with Crippen LogP contribution < -0.4 is 25.5 Å². The second-order valence-corrected chi connectivity index (χ2v) is 16.4. The Balaban J connectivity index is 1.28. The average molecular weight is 683 g/mol.